The topological polar surface area (TPSA) is 70.7 Å². The summed E-state index contributed by atoms with van der Waals surface area (Å²) in [5.74, 6) is 0.147. The second-order valence-electron chi connectivity index (χ2n) is 5.01. The monoisotopic (exact) mass is 293 g/mol. The largest absolute Gasteiger partial charge is 0.495 e. The zero-order chi connectivity index (χ0) is 15.8. The minimum absolute atomic E-state index is 0.164. The first-order valence-corrected chi connectivity index (χ1v) is 6.82. The summed E-state index contributed by atoms with van der Waals surface area (Å²) in [6.45, 7) is 2.94. The van der Waals surface area contributed by atoms with Crippen molar-refractivity contribution >= 4 is 17.5 Å². The van der Waals surface area contributed by atoms with E-state index in [-0.39, 0.29) is 11.8 Å². The lowest BCUT2D eigenvalue weighted by molar-refractivity contribution is -0.114. The molecule has 1 aromatic rings. The Bertz CT molecular complexity index is 501. The van der Waals surface area contributed by atoms with E-state index >= 15 is 0 Å². The Balaban J connectivity index is 2.69. The molecule has 0 spiro atoms. The molecule has 116 valence electrons. The molecule has 0 radical (unpaired) electrons. The zero-order valence-corrected chi connectivity index (χ0v) is 13.0. The molecular formula is C15H23N3O3. The van der Waals surface area contributed by atoms with Gasteiger partial charge in [-0.1, -0.05) is 0 Å². The molecular weight excluding hydrogens is 270 g/mol. The number of benzene rings is 1. The normalized spacial score (nSPS) is 10.3. The van der Waals surface area contributed by atoms with Crippen LogP contribution in [0.5, 0.6) is 5.75 Å². The minimum Gasteiger partial charge on any atom is -0.495 e. The van der Waals surface area contributed by atoms with E-state index in [0.717, 1.165) is 13.0 Å². The van der Waals surface area contributed by atoms with Crippen molar-refractivity contribution in [3.63, 3.8) is 0 Å². The first-order chi connectivity index (χ1) is 9.93. The minimum atomic E-state index is -0.211. The van der Waals surface area contributed by atoms with Gasteiger partial charge in [0.2, 0.25) is 5.91 Å². The average molecular weight is 293 g/mol. The Morgan fingerprint density at radius 1 is 1.29 bits per heavy atom. The summed E-state index contributed by atoms with van der Waals surface area (Å²) in [7, 11) is 5.50. The lowest BCUT2D eigenvalue weighted by Crippen LogP contribution is -2.27. The number of carbonyl (C=O) groups excluding carboxylic acids is 2. The molecule has 0 aliphatic carbocycles. The van der Waals surface area contributed by atoms with Crippen LogP contribution in [0.2, 0.25) is 0 Å². The Labute approximate surface area is 125 Å². The molecule has 0 atom stereocenters. The van der Waals surface area contributed by atoms with Gasteiger partial charge in [0.1, 0.15) is 5.75 Å². The molecule has 0 heterocycles. The van der Waals surface area contributed by atoms with Crippen LogP contribution in [-0.2, 0) is 4.79 Å². The molecule has 2 amide bonds. The number of ether oxygens (including phenoxy) is 1. The number of rotatable bonds is 7. The van der Waals surface area contributed by atoms with Crippen molar-refractivity contribution in [2.24, 2.45) is 0 Å². The molecule has 0 aliphatic heterocycles. The quantitative estimate of drug-likeness (QED) is 0.744. The van der Waals surface area contributed by atoms with E-state index in [1.54, 1.807) is 18.2 Å². The van der Waals surface area contributed by atoms with Crippen LogP contribution in [-0.4, -0.2) is 51.0 Å². The lowest BCUT2D eigenvalue weighted by Gasteiger charge is -2.12. The van der Waals surface area contributed by atoms with Crippen molar-refractivity contribution in [3.8, 4) is 5.75 Å². The van der Waals surface area contributed by atoms with E-state index in [1.165, 1.54) is 14.0 Å². The maximum atomic E-state index is 12.0. The van der Waals surface area contributed by atoms with Gasteiger partial charge >= 0.3 is 0 Å². The van der Waals surface area contributed by atoms with E-state index in [0.29, 0.717) is 23.5 Å². The van der Waals surface area contributed by atoms with Gasteiger partial charge in [-0.2, -0.15) is 0 Å². The van der Waals surface area contributed by atoms with Crippen LogP contribution < -0.4 is 15.4 Å². The Hall–Kier alpha value is -2.08. The SMILES string of the molecule is COc1ccc(C(=O)NCCCN(C)C)cc1NC(C)=O. The maximum Gasteiger partial charge on any atom is 0.251 e. The molecule has 0 unspecified atom stereocenters. The van der Waals surface area contributed by atoms with E-state index in [1.807, 2.05) is 14.1 Å². The Morgan fingerprint density at radius 2 is 2.00 bits per heavy atom. The van der Waals surface area contributed by atoms with Crippen LogP contribution in [0.25, 0.3) is 0 Å². The van der Waals surface area contributed by atoms with Crippen LogP contribution in [0.15, 0.2) is 18.2 Å². The van der Waals surface area contributed by atoms with Crippen LogP contribution in [0.1, 0.15) is 23.7 Å². The van der Waals surface area contributed by atoms with Gasteiger partial charge in [-0.25, -0.2) is 0 Å². The smallest absolute Gasteiger partial charge is 0.251 e. The van der Waals surface area contributed by atoms with Gasteiger partial charge in [-0.15, -0.1) is 0 Å². The molecule has 6 nitrogen and oxygen atoms in total. The third kappa shape index (κ3) is 5.83. The summed E-state index contributed by atoms with van der Waals surface area (Å²) in [6.07, 6.45) is 0.882. The third-order valence-corrected chi connectivity index (χ3v) is 2.84. The number of carbonyl (C=O) groups is 2. The molecule has 21 heavy (non-hydrogen) atoms. The van der Waals surface area contributed by atoms with Gasteiger partial charge in [0.15, 0.2) is 0 Å². The average Bonchev–Trinajstić information content (AvgIpc) is 2.42. The third-order valence-electron chi connectivity index (χ3n) is 2.84. The van der Waals surface area contributed by atoms with E-state index in [9.17, 15) is 9.59 Å². The van der Waals surface area contributed by atoms with E-state index in [4.69, 9.17) is 4.74 Å². The van der Waals surface area contributed by atoms with Crippen molar-refractivity contribution in [2.75, 3.05) is 39.6 Å². The van der Waals surface area contributed by atoms with Crippen LogP contribution in [0.4, 0.5) is 5.69 Å². The first-order valence-electron chi connectivity index (χ1n) is 6.82. The van der Waals surface area contributed by atoms with Crippen LogP contribution >= 0.6 is 0 Å². The van der Waals surface area contributed by atoms with E-state index < -0.39 is 0 Å². The molecule has 1 rings (SSSR count). The Morgan fingerprint density at radius 3 is 2.57 bits per heavy atom. The number of amides is 2. The van der Waals surface area contributed by atoms with Gasteiger partial charge in [0.25, 0.3) is 5.91 Å². The molecule has 0 aromatic heterocycles. The van der Waals surface area contributed by atoms with Crippen LogP contribution in [0, 0.1) is 0 Å². The van der Waals surface area contributed by atoms with Crippen molar-refractivity contribution in [2.45, 2.75) is 13.3 Å². The van der Waals surface area contributed by atoms with Crippen LogP contribution in [0.3, 0.4) is 0 Å². The fourth-order valence-electron chi connectivity index (χ4n) is 1.84. The highest BCUT2D eigenvalue weighted by molar-refractivity contribution is 5.97. The van der Waals surface area contributed by atoms with Gasteiger partial charge in [-0.05, 0) is 45.3 Å². The first kappa shape index (κ1) is 17.0. The summed E-state index contributed by atoms with van der Waals surface area (Å²) in [6, 6.07) is 4.95. The number of hydrogen-bond acceptors (Lipinski definition) is 4. The number of nitrogens with one attached hydrogen (secondary N) is 2. The fraction of sp³-hybridized carbons (Fsp3) is 0.467. The van der Waals surface area contributed by atoms with Crippen molar-refractivity contribution in [3.05, 3.63) is 23.8 Å². The number of hydrogen-bond donors (Lipinski definition) is 2. The van der Waals surface area contributed by atoms with Crippen molar-refractivity contribution < 1.29 is 14.3 Å². The standard InChI is InChI=1S/C15H23N3O3/c1-11(19)17-13-10-12(6-7-14(13)21-4)15(20)16-8-5-9-18(2)3/h6-7,10H,5,8-9H2,1-4H3,(H,16,20)(H,17,19). The summed E-state index contributed by atoms with van der Waals surface area (Å²) >= 11 is 0. The molecule has 0 saturated heterocycles. The molecule has 2 N–H and O–H groups in total. The number of nitrogens with zero attached hydrogens (tertiary/aromatic N) is 1. The fourth-order valence-corrected chi connectivity index (χ4v) is 1.84. The second-order valence-corrected chi connectivity index (χ2v) is 5.01. The molecule has 1 aromatic carbocycles. The highest BCUT2D eigenvalue weighted by Crippen LogP contribution is 2.25. The number of anilines is 1. The summed E-state index contributed by atoms with van der Waals surface area (Å²) < 4.78 is 5.15. The molecule has 0 bridgehead atoms. The molecule has 0 saturated carbocycles. The van der Waals surface area contributed by atoms with Crippen molar-refractivity contribution in [1.82, 2.24) is 10.2 Å². The predicted octanol–water partition coefficient (Wildman–Crippen LogP) is 1.34. The summed E-state index contributed by atoms with van der Waals surface area (Å²) in [5.41, 5.74) is 0.982. The lowest BCUT2D eigenvalue weighted by atomic mass is 10.1. The zero-order valence-electron chi connectivity index (χ0n) is 13.0. The summed E-state index contributed by atoms with van der Waals surface area (Å²) in [5, 5.41) is 5.50. The van der Waals surface area contributed by atoms with Gasteiger partial charge in [-0.3, -0.25) is 9.59 Å². The van der Waals surface area contributed by atoms with E-state index in [2.05, 4.69) is 15.5 Å². The maximum absolute atomic E-state index is 12.0. The molecule has 6 heteroatoms. The summed E-state index contributed by atoms with van der Waals surface area (Å²) in [4.78, 5) is 25.3. The molecule has 0 aliphatic rings. The predicted molar refractivity (Wildman–Crippen MR) is 82.8 cm³/mol. The van der Waals surface area contributed by atoms with Gasteiger partial charge in [0.05, 0.1) is 12.8 Å². The van der Waals surface area contributed by atoms with Gasteiger partial charge in [0, 0.05) is 19.0 Å². The number of methoxy groups -OCH3 is 1. The van der Waals surface area contributed by atoms with Gasteiger partial charge < -0.3 is 20.3 Å². The highest BCUT2D eigenvalue weighted by atomic mass is 16.5. The van der Waals surface area contributed by atoms with Crippen molar-refractivity contribution in [1.29, 1.82) is 0 Å². The highest BCUT2D eigenvalue weighted by Gasteiger charge is 2.10. The Kier molecular flexibility index (Phi) is 6.68. The second kappa shape index (κ2) is 8.26. The molecule has 0 fully saturated rings.